The topological polar surface area (TPSA) is 24.9 Å². The van der Waals surface area contributed by atoms with Crippen LogP contribution in [0.2, 0.25) is 0 Å². The molecule has 0 aliphatic rings. The van der Waals surface area contributed by atoms with Crippen molar-refractivity contribution in [3.8, 4) is 11.1 Å². The first kappa shape index (κ1) is 12.8. The lowest BCUT2D eigenvalue weighted by Crippen LogP contribution is -2.11. The van der Waals surface area contributed by atoms with E-state index in [9.17, 15) is 0 Å². The molecule has 2 aromatic rings. The number of pyridine rings is 1. The number of hydrogen-bond donors (Lipinski definition) is 1. The zero-order valence-corrected chi connectivity index (χ0v) is 11.3. The summed E-state index contributed by atoms with van der Waals surface area (Å²) in [6.07, 6.45) is 3.87. The van der Waals surface area contributed by atoms with Gasteiger partial charge in [-0.3, -0.25) is 4.98 Å². The molecule has 0 radical (unpaired) electrons. The standard InChI is InChI=1S/C16H20N2/c1-4-17-9-14-8-15(11-18-10-14)16-7-12(2)5-6-13(16)3/h5-8,10-11,17H,4,9H2,1-3H3. The highest BCUT2D eigenvalue weighted by Gasteiger charge is 2.03. The largest absolute Gasteiger partial charge is 0.313 e. The van der Waals surface area contributed by atoms with Crippen molar-refractivity contribution in [2.45, 2.75) is 27.3 Å². The van der Waals surface area contributed by atoms with E-state index in [2.05, 4.69) is 55.3 Å². The Morgan fingerprint density at radius 2 is 1.94 bits per heavy atom. The van der Waals surface area contributed by atoms with Gasteiger partial charge in [-0.25, -0.2) is 0 Å². The van der Waals surface area contributed by atoms with Crippen LogP contribution in [0.5, 0.6) is 0 Å². The summed E-state index contributed by atoms with van der Waals surface area (Å²) in [5.74, 6) is 0. The number of aromatic nitrogens is 1. The van der Waals surface area contributed by atoms with Crippen molar-refractivity contribution >= 4 is 0 Å². The molecule has 0 saturated heterocycles. The van der Waals surface area contributed by atoms with Crippen LogP contribution in [0, 0.1) is 13.8 Å². The smallest absolute Gasteiger partial charge is 0.0346 e. The van der Waals surface area contributed by atoms with Crippen LogP contribution in [0.4, 0.5) is 0 Å². The molecule has 0 atom stereocenters. The third-order valence-electron chi connectivity index (χ3n) is 3.08. The molecular formula is C16H20N2. The summed E-state index contributed by atoms with van der Waals surface area (Å²) in [5, 5.41) is 3.33. The van der Waals surface area contributed by atoms with E-state index in [4.69, 9.17) is 0 Å². The lowest BCUT2D eigenvalue weighted by atomic mass is 9.99. The molecule has 0 amide bonds. The average molecular weight is 240 g/mol. The Morgan fingerprint density at radius 1 is 1.11 bits per heavy atom. The minimum absolute atomic E-state index is 0.877. The maximum Gasteiger partial charge on any atom is 0.0346 e. The Balaban J connectivity index is 2.35. The van der Waals surface area contributed by atoms with E-state index < -0.39 is 0 Å². The molecule has 2 rings (SSSR count). The zero-order valence-electron chi connectivity index (χ0n) is 11.3. The Hall–Kier alpha value is -1.67. The molecule has 18 heavy (non-hydrogen) atoms. The quantitative estimate of drug-likeness (QED) is 0.885. The van der Waals surface area contributed by atoms with Crippen LogP contribution >= 0.6 is 0 Å². The highest BCUT2D eigenvalue weighted by molar-refractivity contribution is 5.67. The fourth-order valence-corrected chi connectivity index (χ4v) is 2.05. The van der Waals surface area contributed by atoms with Crippen LogP contribution in [-0.2, 0) is 6.54 Å². The summed E-state index contributed by atoms with van der Waals surface area (Å²) in [6.45, 7) is 8.24. The molecule has 0 aliphatic heterocycles. The minimum atomic E-state index is 0.877. The Morgan fingerprint density at radius 3 is 2.72 bits per heavy atom. The molecule has 1 heterocycles. The average Bonchev–Trinajstić information content (AvgIpc) is 2.39. The Kier molecular flexibility index (Phi) is 4.11. The summed E-state index contributed by atoms with van der Waals surface area (Å²) in [4.78, 5) is 4.34. The Labute approximate surface area is 109 Å². The van der Waals surface area contributed by atoms with E-state index in [1.165, 1.54) is 27.8 Å². The van der Waals surface area contributed by atoms with Gasteiger partial charge in [-0.05, 0) is 43.1 Å². The molecule has 0 bridgehead atoms. The number of aryl methyl sites for hydroxylation is 2. The summed E-state index contributed by atoms with van der Waals surface area (Å²) in [7, 11) is 0. The highest BCUT2D eigenvalue weighted by atomic mass is 14.8. The van der Waals surface area contributed by atoms with Crippen molar-refractivity contribution < 1.29 is 0 Å². The van der Waals surface area contributed by atoms with Crippen molar-refractivity contribution in [1.82, 2.24) is 10.3 Å². The number of nitrogens with zero attached hydrogens (tertiary/aromatic N) is 1. The SMILES string of the molecule is CCNCc1cncc(-c2cc(C)ccc2C)c1. The molecule has 1 aromatic carbocycles. The van der Waals surface area contributed by atoms with Crippen molar-refractivity contribution in [1.29, 1.82) is 0 Å². The van der Waals surface area contributed by atoms with Gasteiger partial charge in [0.2, 0.25) is 0 Å². The van der Waals surface area contributed by atoms with E-state index in [0.717, 1.165) is 13.1 Å². The summed E-state index contributed by atoms with van der Waals surface area (Å²) in [6, 6.07) is 8.76. The summed E-state index contributed by atoms with van der Waals surface area (Å²) >= 11 is 0. The lowest BCUT2D eigenvalue weighted by molar-refractivity contribution is 0.724. The fraction of sp³-hybridized carbons (Fsp3) is 0.312. The second kappa shape index (κ2) is 5.78. The van der Waals surface area contributed by atoms with Crippen LogP contribution in [-0.4, -0.2) is 11.5 Å². The van der Waals surface area contributed by atoms with Crippen molar-refractivity contribution in [2.75, 3.05) is 6.54 Å². The van der Waals surface area contributed by atoms with Crippen LogP contribution in [0.25, 0.3) is 11.1 Å². The van der Waals surface area contributed by atoms with Gasteiger partial charge in [0, 0.05) is 24.5 Å². The number of benzene rings is 1. The first-order valence-corrected chi connectivity index (χ1v) is 6.43. The van der Waals surface area contributed by atoms with E-state index in [-0.39, 0.29) is 0 Å². The van der Waals surface area contributed by atoms with E-state index in [1.807, 2.05) is 12.4 Å². The second-order valence-corrected chi connectivity index (χ2v) is 4.68. The number of rotatable bonds is 4. The van der Waals surface area contributed by atoms with Crippen molar-refractivity contribution in [2.24, 2.45) is 0 Å². The first-order chi connectivity index (χ1) is 8.70. The third kappa shape index (κ3) is 2.96. The minimum Gasteiger partial charge on any atom is -0.313 e. The zero-order chi connectivity index (χ0) is 13.0. The predicted molar refractivity (Wildman–Crippen MR) is 76.5 cm³/mol. The van der Waals surface area contributed by atoms with Gasteiger partial charge in [-0.15, -0.1) is 0 Å². The molecule has 2 heteroatoms. The van der Waals surface area contributed by atoms with Crippen LogP contribution < -0.4 is 5.32 Å². The van der Waals surface area contributed by atoms with Crippen molar-refractivity contribution in [3.05, 3.63) is 53.3 Å². The molecule has 0 saturated carbocycles. The van der Waals surface area contributed by atoms with E-state index in [0.29, 0.717) is 0 Å². The molecule has 2 nitrogen and oxygen atoms in total. The monoisotopic (exact) mass is 240 g/mol. The van der Waals surface area contributed by atoms with Gasteiger partial charge in [0.15, 0.2) is 0 Å². The summed E-state index contributed by atoms with van der Waals surface area (Å²) < 4.78 is 0. The van der Waals surface area contributed by atoms with Gasteiger partial charge in [-0.1, -0.05) is 30.7 Å². The van der Waals surface area contributed by atoms with Gasteiger partial charge in [0.25, 0.3) is 0 Å². The number of nitrogens with one attached hydrogen (secondary N) is 1. The van der Waals surface area contributed by atoms with E-state index in [1.54, 1.807) is 0 Å². The molecule has 0 unspecified atom stereocenters. The van der Waals surface area contributed by atoms with Crippen LogP contribution in [0.1, 0.15) is 23.6 Å². The third-order valence-corrected chi connectivity index (χ3v) is 3.08. The lowest BCUT2D eigenvalue weighted by Gasteiger charge is -2.09. The molecule has 0 fully saturated rings. The Bertz CT molecular complexity index is 532. The molecule has 1 N–H and O–H groups in total. The van der Waals surface area contributed by atoms with Gasteiger partial charge in [-0.2, -0.15) is 0 Å². The molecule has 0 spiro atoms. The van der Waals surface area contributed by atoms with Gasteiger partial charge in [0.05, 0.1) is 0 Å². The fourth-order valence-electron chi connectivity index (χ4n) is 2.05. The molecule has 0 aliphatic carbocycles. The predicted octanol–water partition coefficient (Wildman–Crippen LogP) is 3.47. The van der Waals surface area contributed by atoms with Crippen LogP contribution in [0.15, 0.2) is 36.7 Å². The highest BCUT2D eigenvalue weighted by Crippen LogP contribution is 2.24. The molecule has 94 valence electrons. The van der Waals surface area contributed by atoms with Gasteiger partial charge < -0.3 is 5.32 Å². The summed E-state index contributed by atoms with van der Waals surface area (Å²) in [5.41, 5.74) is 6.29. The maximum absolute atomic E-state index is 4.34. The molecular weight excluding hydrogens is 220 g/mol. The maximum atomic E-state index is 4.34. The first-order valence-electron chi connectivity index (χ1n) is 6.43. The van der Waals surface area contributed by atoms with Crippen LogP contribution in [0.3, 0.4) is 0 Å². The van der Waals surface area contributed by atoms with E-state index >= 15 is 0 Å². The molecule has 1 aromatic heterocycles. The van der Waals surface area contributed by atoms with Gasteiger partial charge in [0.1, 0.15) is 0 Å². The van der Waals surface area contributed by atoms with Gasteiger partial charge >= 0.3 is 0 Å². The number of hydrogen-bond acceptors (Lipinski definition) is 2. The normalized spacial score (nSPS) is 10.6. The van der Waals surface area contributed by atoms with Crippen molar-refractivity contribution in [3.63, 3.8) is 0 Å². The second-order valence-electron chi connectivity index (χ2n) is 4.68.